The summed E-state index contributed by atoms with van der Waals surface area (Å²) < 4.78 is 7.82. The van der Waals surface area contributed by atoms with Crippen molar-refractivity contribution in [3.05, 3.63) is 76.6 Å². The van der Waals surface area contributed by atoms with Crippen LogP contribution in [0.3, 0.4) is 0 Å². The van der Waals surface area contributed by atoms with Crippen molar-refractivity contribution in [1.29, 1.82) is 0 Å². The predicted molar refractivity (Wildman–Crippen MR) is 126 cm³/mol. The number of likely N-dealkylation sites (N-methyl/N-ethyl adjacent to an activating group) is 1. The number of amides is 2. The second-order valence-electron chi connectivity index (χ2n) is 8.77. The number of ether oxygens (including phenoxy) is 1. The summed E-state index contributed by atoms with van der Waals surface area (Å²) in [4.78, 5) is 41.7. The summed E-state index contributed by atoms with van der Waals surface area (Å²) in [6.07, 6.45) is 0.622. The van der Waals surface area contributed by atoms with Crippen molar-refractivity contribution in [1.82, 2.24) is 14.7 Å². The summed E-state index contributed by atoms with van der Waals surface area (Å²) >= 11 is 0. The first kappa shape index (κ1) is 21.9. The standard InChI is InChI=1S/C26H26N4O4/c1-16-20-11-12-29(26(33)24(20)27-30(16)14-18-7-5-4-6-8-18)22-15-34-23-13-19(17(2)31)9-10-21(23)28(3)25(22)32/h4-10,13,22H,11-12,14-15H2,1-3H3/t22-/m0/s1. The van der Waals surface area contributed by atoms with Gasteiger partial charge in [-0.25, -0.2) is 0 Å². The van der Waals surface area contributed by atoms with E-state index in [1.54, 1.807) is 30.1 Å². The molecule has 0 unspecified atom stereocenters. The number of benzene rings is 2. The fourth-order valence-corrected chi connectivity index (χ4v) is 4.66. The molecule has 2 aromatic carbocycles. The number of hydrogen-bond acceptors (Lipinski definition) is 5. The van der Waals surface area contributed by atoms with Gasteiger partial charge in [-0.1, -0.05) is 30.3 Å². The van der Waals surface area contributed by atoms with Crippen LogP contribution < -0.4 is 9.64 Å². The van der Waals surface area contributed by atoms with Gasteiger partial charge in [-0.15, -0.1) is 0 Å². The highest BCUT2D eigenvalue weighted by Gasteiger charge is 2.40. The number of hydrogen-bond donors (Lipinski definition) is 0. The van der Waals surface area contributed by atoms with E-state index < -0.39 is 6.04 Å². The molecule has 0 saturated carbocycles. The van der Waals surface area contributed by atoms with Gasteiger partial charge in [0.05, 0.1) is 12.2 Å². The van der Waals surface area contributed by atoms with Crippen LogP contribution in [0.4, 0.5) is 5.69 Å². The van der Waals surface area contributed by atoms with Crippen LogP contribution in [0.5, 0.6) is 5.75 Å². The summed E-state index contributed by atoms with van der Waals surface area (Å²) in [6.45, 7) is 4.47. The highest BCUT2D eigenvalue weighted by molar-refractivity contribution is 6.04. The molecule has 2 aliphatic heterocycles. The fraction of sp³-hybridized carbons (Fsp3) is 0.308. The number of carbonyl (C=O) groups excluding carboxylic acids is 3. The topological polar surface area (TPSA) is 84.7 Å². The Bertz CT molecular complexity index is 1300. The zero-order chi connectivity index (χ0) is 24.0. The van der Waals surface area contributed by atoms with Crippen LogP contribution in [0.25, 0.3) is 0 Å². The van der Waals surface area contributed by atoms with Crippen LogP contribution in [0.15, 0.2) is 48.5 Å². The molecule has 0 saturated heterocycles. The highest BCUT2D eigenvalue weighted by atomic mass is 16.5. The number of ketones is 1. The molecule has 0 N–H and O–H groups in total. The maximum Gasteiger partial charge on any atom is 0.275 e. The van der Waals surface area contributed by atoms with Crippen LogP contribution in [-0.4, -0.2) is 58.5 Å². The average Bonchev–Trinajstić information content (AvgIpc) is 3.09. The Hall–Kier alpha value is -3.94. The molecule has 8 nitrogen and oxygen atoms in total. The normalized spacial score (nSPS) is 17.7. The summed E-state index contributed by atoms with van der Waals surface area (Å²) in [5, 5.41) is 4.63. The number of carbonyl (C=O) groups is 3. The average molecular weight is 459 g/mol. The Kier molecular flexibility index (Phi) is 5.43. The smallest absolute Gasteiger partial charge is 0.275 e. The molecule has 3 heterocycles. The van der Waals surface area contributed by atoms with Crippen LogP contribution >= 0.6 is 0 Å². The molecule has 0 bridgehead atoms. The molecular formula is C26H26N4O4. The van der Waals surface area contributed by atoms with Crippen LogP contribution in [0, 0.1) is 6.92 Å². The van der Waals surface area contributed by atoms with Crippen molar-refractivity contribution in [2.24, 2.45) is 0 Å². The van der Waals surface area contributed by atoms with Crippen LogP contribution in [-0.2, 0) is 17.8 Å². The monoisotopic (exact) mass is 458 g/mol. The molecule has 1 aromatic heterocycles. The SMILES string of the molecule is CC(=O)c1ccc2c(c1)OC[C@H](N1CCc3c(nn(Cc4ccccc4)c3C)C1=O)C(=O)N2C. The van der Waals surface area contributed by atoms with E-state index in [9.17, 15) is 14.4 Å². The third-order valence-corrected chi connectivity index (χ3v) is 6.69. The lowest BCUT2D eigenvalue weighted by atomic mass is 10.0. The van der Waals surface area contributed by atoms with Gasteiger partial charge >= 0.3 is 0 Å². The van der Waals surface area contributed by atoms with E-state index in [0.717, 1.165) is 16.8 Å². The first-order valence-electron chi connectivity index (χ1n) is 11.3. The van der Waals surface area contributed by atoms with E-state index in [2.05, 4.69) is 5.10 Å². The van der Waals surface area contributed by atoms with Crippen molar-refractivity contribution in [3.63, 3.8) is 0 Å². The zero-order valence-electron chi connectivity index (χ0n) is 19.4. The molecule has 3 aromatic rings. The Labute approximate surface area is 197 Å². The number of fused-ring (bicyclic) bond motifs is 2. The molecule has 0 fully saturated rings. The largest absolute Gasteiger partial charge is 0.489 e. The summed E-state index contributed by atoms with van der Waals surface area (Å²) in [6, 6.07) is 14.2. The first-order chi connectivity index (χ1) is 16.3. The molecule has 174 valence electrons. The van der Waals surface area contributed by atoms with Gasteiger partial charge in [0, 0.05) is 30.4 Å². The van der Waals surface area contributed by atoms with E-state index in [1.807, 2.05) is 41.9 Å². The maximum atomic E-state index is 13.5. The molecule has 0 spiro atoms. The van der Waals surface area contributed by atoms with Gasteiger partial charge in [0.25, 0.3) is 11.8 Å². The van der Waals surface area contributed by atoms with E-state index >= 15 is 0 Å². The van der Waals surface area contributed by atoms with Crippen molar-refractivity contribution in [3.8, 4) is 5.75 Å². The van der Waals surface area contributed by atoms with Crippen LogP contribution in [0.1, 0.15) is 44.6 Å². The molecule has 2 aliphatic rings. The van der Waals surface area contributed by atoms with Gasteiger partial charge < -0.3 is 14.5 Å². The Morgan fingerprint density at radius 2 is 1.91 bits per heavy atom. The van der Waals surface area contributed by atoms with Gasteiger partial charge in [0.2, 0.25) is 0 Å². The van der Waals surface area contributed by atoms with E-state index in [0.29, 0.717) is 42.2 Å². The van der Waals surface area contributed by atoms with Gasteiger partial charge in [-0.2, -0.15) is 5.10 Å². The van der Waals surface area contributed by atoms with Crippen molar-refractivity contribution >= 4 is 23.3 Å². The van der Waals surface area contributed by atoms with E-state index in [4.69, 9.17) is 4.74 Å². The molecular weight excluding hydrogens is 432 g/mol. The van der Waals surface area contributed by atoms with Gasteiger partial charge in [-0.05, 0) is 44.0 Å². The highest BCUT2D eigenvalue weighted by Crippen LogP contribution is 2.33. The molecule has 5 rings (SSSR count). The Morgan fingerprint density at radius 3 is 2.65 bits per heavy atom. The molecule has 0 aliphatic carbocycles. The molecule has 2 amide bonds. The minimum atomic E-state index is -0.779. The zero-order valence-corrected chi connectivity index (χ0v) is 19.4. The lowest BCUT2D eigenvalue weighted by molar-refractivity contribution is -0.123. The van der Waals surface area contributed by atoms with Crippen molar-refractivity contribution < 1.29 is 19.1 Å². The second-order valence-corrected chi connectivity index (χ2v) is 8.77. The number of rotatable bonds is 4. The lowest BCUT2D eigenvalue weighted by Gasteiger charge is -2.33. The summed E-state index contributed by atoms with van der Waals surface area (Å²) in [5.41, 5.74) is 4.49. The maximum absolute atomic E-state index is 13.5. The lowest BCUT2D eigenvalue weighted by Crippen LogP contribution is -2.54. The summed E-state index contributed by atoms with van der Waals surface area (Å²) in [5.74, 6) is -0.117. The summed E-state index contributed by atoms with van der Waals surface area (Å²) in [7, 11) is 1.66. The molecule has 34 heavy (non-hydrogen) atoms. The molecule has 0 radical (unpaired) electrons. The molecule has 1 atom stereocenters. The number of aromatic nitrogens is 2. The number of Topliss-reactive ketones (excluding diaryl/α,β-unsaturated/α-hetero) is 1. The second kappa shape index (κ2) is 8.44. The fourth-order valence-electron chi connectivity index (χ4n) is 4.66. The quantitative estimate of drug-likeness (QED) is 0.562. The minimum Gasteiger partial charge on any atom is -0.489 e. The van der Waals surface area contributed by atoms with E-state index in [-0.39, 0.29) is 24.2 Å². The number of nitrogens with zero attached hydrogens (tertiary/aromatic N) is 4. The Balaban J connectivity index is 1.41. The van der Waals surface area contributed by atoms with E-state index in [1.165, 1.54) is 11.8 Å². The van der Waals surface area contributed by atoms with Crippen molar-refractivity contribution in [2.45, 2.75) is 32.9 Å². The molecule has 8 heteroatoms. The van der Waals surface area contributed by atoms with Gasteiger partial charge in [0.15, 0.2) is 11.5 Å². The third kappa shape index (κ3) is 3.65. The van der Waals surface area contributed by atoms with Gasteiger partial charge in [-0.3, -0.25) is 19.1 Å². The minimum absolute atomic E-state index is 0.0162. The van der Waals surface area contributed by atoms with Gasteiger partial charge in [0.1, 0.15) is 18.4 Å². The number of anilines is 1. The third-order valence-electron chi connectivity index (χ3n) is 6.69. The van der Waals surface area contributed by atoms with Crippen LogP contribution in [0.2, 0.25) is 0 Å². The Morgan fingerprint density at radius 1 is 1.15 bits per heavy atom. The first-order valence-corrected chi connectivity index (χ1v) is 11.3. The van der Waals surface area contributed by atoms with Crippen molar-refractivity contribution in [2.75, 3.05) is 25.1 Å². The predicted octanol–water partition coefficient (Wildman–Crippen LogP) is 2.86.